The van der Waals surface area contributed by atoms with Crippen molar-refractivity contribution in [3.63, 3.8) is 0 Å². The van der Waals surface area contributed by atoms with Crippen molar-refractivity contribution < 1.29 is 19.4 Å². The molecule has 0 aliphatic carbocycles. The minimum Gasteiger partial charge on any atom is -0.478 e. The van der Waals surface area contributed by atoms with E-state index in [0.717, 1.165) is 24.0 Å². The average molecular weight is 340 g/mol. The molecule has 4 heteroatoms. The molecule has 0 saturated heterocycles. The Morgan fingerprint density at radius 3 is 1.96 bits per heavy atom. The summed E-state index contributed by atoms with van der Waals surface area (Å²) >= 11 is 0. The first-order valence-electron chi connectivity index (χ1n) is 8.74. The van der Waals surface area contributed by atoms with Crippen molar-refractivity contribution >= 4 is 11.9 Å². The van der Waals surface area contributed by atoms with E-state index >= 15 is 0 Å². The van der Waals surface area contributed by atoms with E-state index in [2.05, 4.69) is 6.92 Å². The zero-order valence-electron chi connectivity index (χ0n) is 14.5. The monoisotopic (exact) mass is 340 g/mol. The number of benzene rings is 2. The average Bonchev–Trinajstić information content (AvgIpc) is 2.62. The van der Waals surface area contributed by atoms with Gasteiger partial charge in [-0.3, -0.25) is 4.79 Å². The zero-order valence-corrected chi connectivity index (χ0v) is 14.5. The van der Waals surface area contributed by atoms with Crippen molar-refractivity contribution in [2.24, 2.45) is 0 Å². The van der Waals surface area contributed by atoms with E-state index < -0.39 is 5.97 Å². The van der Waals surface area contributed by atoms with Crippen molar-refractivity contribution in [1.29, 1.82) is 0 Å². The third-order valence-electron chi connectivity index (χ3n) is 4.04. The Balaban J connectivity index is 1.87. The van der Waals surface area contributed by atoms with Crippen LogP contribution in [0.5, 0.6) is 5.75 Å². The molecule has 0 aliphatic heterocycles. The Bertz CT molecular complexity index is 687. The summed E-state index contributed by atoms with van der Waals surface area (Å²) in [7, 11) is 0. The summed E-state index contributed by atoms with van der Waals surface area (Å²) in [4.78, 5) is 22.7. The maximum absolute atomic E-state index is 11.8. The minimum atomic E-state index is -0.941. The van der Waals surface area contributed by atoms with E-state index in [9.17, 15) is 9.59 Å². The van der Waals surface area contributed by atoms with Gasteiger partial charge in [-0.2, -0.15) is 0 Å². The molecule has 0 amide bonds. The number of ether oxygens (including phenoxy) is 1. The second-order valence-corrected chi connectivity index (χ2v) is 6.05. The Labute approximate surface area is 148 Å². The number of carboxylic acids is 1. The van der Waals surface area contributed by atoms with Crippen LogP contribution >= 0.6 is 0 Å². The highest BCUT2D eigenvalue weighted by atomic mass is 16.5. The fourth-order valence-electron chi connectivity index (χ4n) is 2.58. The van der Waals surface area contributed by atoms with Gasteiger partial charge >= 0.3 is 11.9 Å². The third kappa shape index (κ3) is 6.07. The topological polar surface area (TPSA) is 63.6 Å². The van der Waals surface area contributed by atoms with Gasteiger partial charge in [0.2, 0.25) is 0 Å². The maximum atomic E-state index is 11.8. The predicted molar refractivity (Wildman–Crippen MR) is 97.8 cm³/mol. The second-order valence-electron chi connectivity index (χ2n) is 6.05. The molecule has 2 rings (SSSR count). The smallest absolute Gasteiger partial charge is 0.335 e. The Morgan fingerprint density at radius 1 is 0.840 bits per heavy atom. The molecule has 0 spiro atoms. The Morgan fingerprint density at radius 2 is 1.40 bits per heavy atom. The SMILES string of the molecule is CCCCCCCC(=O)Oc1ccc(-c2ccc(C(=O)O)cc2)cc1. The van der Waals surface area contributed by atoms with Gasteiger partial charge in [0.15, 0.2) is 0 Å². The minimum absolute atomic E-state index is 0.199. The van der Waals surface area contributed by atoms with Crippen LogP contribution in [0.15, 0.2) is 48.5 Å². The normalized spacial score (nSPS) is 10.4. The van der Waals surface area contributed by atoms with E-state index in [1.165, 1.54) is 19.3 Å². The third-order valence-corrected chi connectivity index (χ3v) is 4.04. The first-order valence-corrected chi connectivity index (χ1v) is 8.74. The Hall–Kier alpha value is -2.62. The molecule has 0 heterocycles. The molecule has 0 atom stereocenters. The van der Waals surface area contributed by atoms with Crippen molar-refractivity contribution in [1.82, 2.24) is 0 Å². The molecular weight excluding hydrogens is 316 g/mol. The van der Waals surface area contributed by atoms with Gasteiger partial charge in [-0.15, -0.1) is 0 Å². The largest absolute Gasteiger partial charge is 0.478 e. The fourth-order valence-corrected chi connectivity index (χ4v) is 2.58. The van der Waals surface area contributed by atoms with Crippen molar-refractivity contribution in [3.8, 4) is 16.9 Å². The summed E-state index contributed by atoms with van der Waals surface area (Å²) in [5.74, 6) is -0.608. The lowest BCUT2D eigenvalue weighted by Gasteiger charge is -2.06. The number of carboxylic acid groups (broad SMARTS) is 1. The molecule has 0 fully saturated rings. The van der Waals surface area contributed by atoms with Crippen LogP contribution in [-0.4, -0.2) is 17.0 Å². The van der Waals surface area contributed by atoms with Crippen molar-refractivity contribution in [2.75, 3.05) is 0 Å². The molecule has 0 aromatic heterocycles. The molecule has 132 valence electrons. The molecule has 25 heavy (non-hydrogen) atoms. The summed E-state index contributed by atoms with van der Waals surface area (Å²) in [6.45, 7) is 2.17. The molecule has 1 N–H and O–H groups in total. The van der Waals surface area contributed by atoms with Gasteiger partial charge in [0.05, 0.1) is 5.56 Å². The number of hydrogen-bond acceptors (Lipinski definition) is 3. The number of hydrogen-bond donors (Lipinski definition) is 1. The van der Waals surface area contributed by atoms with E-state index in [0.29, 0.717) is 12.2 Å². The van der Waals surface area contributed by atoms with Gasteiger partial charge in [-0.25, -0.2) is 4.79 Å². The van der Waals surface area contributed by atoms with E-state index in [1.54, 1.807) is 36.4 Å². The van der Waals surface area contributed by atoms with Crippen LogP contribution in [-0.2, 0) is 4.79 Å². The summed E-state index contributed by atoms with van der Waals surface area (Å²) in [6.07, 6.45) is 5.95. The molecule has 0 unspecified atom stereocenters. The van der Waals surface area contributed by atoms with E-state index in [-0.39, 0.29) is 11.5 Å². The fraction of sp³-hybridized carbons (Fsp3) is 0.333. The van der Waals surface area contributed by atoms with Crippen molar-refractivity contribution in [3.05, 3.63) is 54.1 Å². The number of rotatable bonds is 9. The van der Waals surface area contributed by atoms with Gasteiger partial charge < -0.3 is 9.84 Å². The number of carbonyl (C=O) groups excluding carboxylic acids is 1. The lowest BCUT2D eigenvalue weighted by atomic mass is 10.0. The van der Waals surface area contributed by atoms with Crippen LogP contribution in [0.4, 0.5) is 0 Å². The van der Waals surface area contributed by atoms with Crippen LogP contribution < -0.4 is 4.74 Å². The standard InChI is InChI=1S/C21H24O4/c1-2-3-4-5-6-7-20(22)25-19-14-12-17(13-15-19)16-8-10-18(11-9-16)21(23)24/h8-15H,2-7H2,1H3,(H,23,24). The van der Waals surface area contributed by atoms with Gasteiger partial charge in [-0.05, 0) is 41.8 Å². The summed E-state index contributed by atoms with van der Waals surface area (Å²) in [6, 6.07) is 13.9. The van der Waals surface area contributed by atoms with Crippen LogP contribution in [0, 0.1) is 0 Å². The highest BCUT2D eigenvalue weighted by Crippen LogP contribution is 2.23. The lowest BCUT2D eigenvalue weighted by Crippen LogP contribution is -2.07. The molecule has 0 radical (unpaired) electrons. The number of aromatic carboxylic acids is 1. The summed E-state index contributed by atoms with van der Waals surface area (Å²) in [5.41, 5.74) is 2.11. The van der Waals surface area contributed by atoms with Crippen LogP contribution in [0.25, 0.3) is 11.1 Å². The van der Waals surface area contributed by atoms with Gasteiger partial charge in [0.1, 0.15) is 5.75 Å². The molecular formula is C21H24O4. The van der Waals surface area contributed by atoms with Crippen LogP contribution in [0.3, 0.4) is 0 Å². The van der Waals surface area contributed by atoms with Crippen LogP contribution in [0.1, 0.15) is 55.8 Å². The van der Waals surface area contributed by atoms with E-state index in [4.69, 9.17) is 9.84 Å². The highest BCUT2D eigenvalue weighted by Gasteiger charge is 2.06. The van der Waals surface area contributed by atoms with Gasteiger partial charge in [-0.1, -0.05) is 56.9 Å². The molecule has 0 saturated carbocycles. The van der Waals surface area contributed by atoms with Gasteiger partial charge in [0.25, 0.3) is 0 Å². The molecule has 2 aromatic carbocycles. The first kappa shape index (κ1) is 18.7. The maximum Gasteiger partial charge on any atom is 0.335 e. The number of esters is 1. The highest BCUT2D eigenvalue weighted by molar-refractivity contribution is 5.88. The summed E-state index contributed by atoms with van der Waals surface area (Å²) in [5, 5.41) is 8.92. The quantitative estimate of drug-likeness (QED) is 0.381. The predicted octanol–water partition coefficient (Wildman–Crippen LogP) is 5.32. The zero-order chi connectivity index (χ0) is 18.1. The van der Waals surface area contributed by atoms with Gasteiger partial charge in [0, 0.05) is 6.42 Å². The second kappa shape index (κ2) is 9.62. The van der Waals surface area contributed by atoms with E-state index in [1.807, 2.05) is 12.1 Å². The first-order chi connectivity index (χ1) is 12.1. The molecule has 0 bridgehead atoms. The molecule has 2 aromatic rings. The number of unbranched alkanes of at least 4 members (excludes halogenated alkanes) is 4. The number of carbonyl (C=O) groups is 2. The summed E-state index contributed by atoms with van der Waals surface area (Å²) < 4.78 is 5.35. The molecule has 0 aliphatic rings. The lowest BCUT2D eigenvalue weighted by molar-refractivity contribution is -0.134. The Kier molecular flexibility index (Phi) is 7.20. The molecule has 4 nitrogen and oxygen atoms in total. The van der Waals surface area contributed by atoms with Crippen molar-refractivity contribution in [2.45, 2.75) is 45.4 Å². The van der Waals surface area contributed by atoms with Crippen LogP contribution in [0.2, 0.25) is 0 Å².